The Morgan fingerprint density at radius 1 is 0.970 bits per heavy atom. The highest BCUT2D eigenvalue weighted by Gasteiger charge is 2.59. The Hall–Kier alpha value is -1.75. The van der Waals surface area contributed by atoms with Crippen molar-refractivity contribution in [3.8, 4) is 5.75 Å². The zero-order valence-corrected chi connectivity index (χ0v) is 23.5. The third kappa shape index (κ3) is 6.65. The fraction of sp³-hybridized carbons (Fsp3) is 0.643. The van der Waals surface area contributed by atoms with Crippen LogP contribution in [0.3, 0.4) is 0 Å². The zero-order chi connectivity index (χ0) is 25.7. The summed E-state index contributed by atoms with van der Waals surface area (Å²) in [5.41, 5.74) is 4.43. The number of ether oxygens (including phenoxy) is 2. The molecule has 4 nitrogen and oxygen atoms in total. The Labute approximate surface area is 205 Å². The monoisotopic (exact) mass is 476 g/mol. The van der Waals surface area contributed by atoms with E-state index in [9.17, 15) is 9.59 Å². The molecule has 0 aliphatic carbocycles. The van der Waals surface area contributed by atoms with E-state index >= 15 is 0 Å². The molecule has 186 valence electrons. The first-order chi connectivity index (χ1) is 15.1. The SMILES string of the molecule is CC(C)C1(C)C(=O)SC1(C)C.CC1=C(C(C)C)C(=O)OC1.COc1ccc(C(C)C)cc1C. The van der Waals surface area contributed by atoms with Crippen molar-refractivity contribution in [2.75, 3.05) is 13.7 Å². The Morgan fingerprint density at radius 3 is 1.79 bits per heavy atom. The molecule has 5 heteroatoms. The Morgan fingerprint density at radius 2 is 1.55 bits per heavy atom. The molecule has 3 rings (SSSR count). The first-order valence-corrected chi connectivity index (χ1v) is 12.7. The Kier molecular flexibility index (Phi) is 10.3. The van der Waals surface area contributed by atoms with Crippen LogP contribution in [0.1, 0.15) is 86.3 Å². The number of carbonyl (C=O) groups excluding carboxylic acids is 2. The predicted octanol–water partition coefficient (Wildman–Crippen LogP) is 7.34. The van der Waals surface area contributed by atoms with Crippen LogP contribution in [0, 0.1) is 24.2 Å². The first-order valence-electron chi connectivity index (χ1n) is 11.8. The molecular weight excluding hydrogens is 432 g/mol. The summed E-state index contributed by atoms with van der Waals surface area (Å²) in [6.45, 7) is 23.5. The molecule has 0 aromatic heterocycles. The minimum atomic E-state index is -0.132. The van der Waals surface area contributed by atoms with E-state index in [1.54, 1.807) is 7.11 Å². The summed E-state index contributed by atoms with van der Waals surface area (Å²) in [6, 6.07) is 6.34. The third-order valence-electron chi connectivity index (χ3n) is 6.94. The molecule has 0 radical (unpaired) electrons. The molecule has 0 saturated carbocycles. The van der Waals surface area contributed by atoms with Crippen molar-refractivity contribution >= 4 is 22.8 Å². The Bertz CT molecular complexity index is 880. The molecule has 2 heterocycles. The van der Waals surface area contributed by atoms with Gasteiger partial charge in [-0.3, -0.25) is 4.79 Å². The van der Waals surface area contributed by atoms with Crippen LogP contribution in [0.5, 0.6) is 5.75 Å². The second kappa shape index (κ2) is 11.6. The molecule has 1 atom stereocenters. The maximum Gasteiger partial charge on any atom is 0.334 e. The average molecular weight is 477 g/mol. The lowest BCUT2D eigenvalue weighted by molar-refractivity contribution is -0.136. The van der Waals surface area contributed by atoms with E-state index < -0.39 is 0 Å². The second-order valence-electron chi connectivity index (χ2n) is 10.6. The molecule has 0 N–H and O–H groups in total. The number of benzene rings is 1. The molecule has 1 unspecified atom stereocenters. The fourth-order valence-electron chi connectivity index (χ4n) is 4.07. The van der Waals surface area contributed by atoms with Gasteiger partial charge in [-0.25, -0.2) is 4.79 Å². The molecule has 1 aromatic carbocycles. The van der Waals surface area contributed by atoms with Gasteiger partial charge in [-0.05, 0) is 68.2 Å². The van der Waals surface area contributed by atoms with Gasteiger partial charge in [0.25, 0.3) is 0 Å². The van der Waals surface area contributed by atoms with Gasteiger partial charge in [0.15, 0.2) is 5.12 Å². The average Bonchev–Trinajstić information content (AvgIpc) is 3.06. The number of cyclic esters (lactones) is 1. The van der Waals surface area contributed by atoms with E-state index in [4.69, 9.17) is 9.47 Å². The molecule has 0 amide bonds. The lowest BCUT2D eigenvalue weighted by Crippen LogP contribution is -2.57. The minimum absolute atomic E-state index is 0.0995. The number of esters is 1. The minimum Gasteiger partial charge on any atom is -0.496 e. The van der Waals surface area contributed by atoms with E-state index in [-0.39, 0.29) is 16.1 Å². The molecule has 33 heavy (non-hydrogen) atoms. The highest BCUT2D eigenvalue weighted by Crippen LogP contribution is 2.59. The molecule has 2 aliphatic rings. The number of carbonyl (C=O) groups is 2. The summed E-state index contributed by atoms with van der Waals surface area (Å²) in [5, 5.41) is 0.359. The fourth-order valence-corrected chi connectivity index (χ4v) is 5.62. The maximum atomic E-state index is 11.4. The van der Waals surface area contributed by atoms with Crippen LogP contribution >= 0.6 is 11.8 Å². The topological polar surface area (TPSA) is 52.6 Å². The van der Waals surface area contributed by atoms with Crippen molar-refractivity contribution in [1.82, 2.24) is 0 Å². The summed E-state index contributed by atoms with van der Waals surface area (Å²) >= 11 is 1.48. The van der Waals surface area contributed by atoms with Crippen LogP contribution in [-0.2, 0) is 14.3 Å². The van der Waals surface area contributed by atoms with Gasteiger partial charge in [-0.1, -0.05) is 72.4 Å². The molecule has 1 fully saturated rings. The van der Waals surface area contributed by atoms with E-state index in [2.05, 4.69) is 67.5 Å². The van der Waals surface area contributed by atoms with Crippen molar-refractivity contribution in [2.45, 2.75) is 86.8 Å². The van der Waals surface area contributed by atoms with Crippen molar-refractivity contribution < 1.29 is 19.1 Å². The van der Waals surface area contributed by atoms with Crippen molar-refractivity contribution in [3.63, 3.8) is 0 Å². The largest absolute Gasteiger partial charge is 0.496 e. The molecule has 0 spiro atoms. The summed E-state index contributed by atoms with van der Waals surface area (Å²) in [6.07, 6.45) is 0. The van der Waals surface area contributed by atoms with Crippen molar-refractivity contribution in [2.24, 2.45) is 17.3 Å². The summed E-state index contributed by atoms with van der Waals surface area (Å²) in [4.78, 5) is 22.3. The van der Waals surface area contributed by atoms with Gasteiger partial charge in [-0.2, -0.15) is 0 Å². The van der Waals surface area contributed by atoms with Crippen molar-refractivity contribution in [1.29, 1.82) is 0 Å². The molecule has 2 aliphatic heterocycles. The van der Waals surface area contributed by atoms with Crippen LogP contribution in [0.2, 0.25) is 0 Å². The number of thioether (sulfide) groups is 1. The number of aryl methyl sites for hydroxylation is 1. The van der Waals surface area contributed by atoms with Gasteiger partial charge in [-0.15, -0.1) is 0 Å². The van der Waals surface area contributed by atoms with Crippen LogP contribution < -0.4 is 4.74 Å². The number of hydrogen-bond acceptors (Lipinski definition) is 5. The van der Waals surface area contributed by atoms with Gasteiger partial charge in [0.1, 0.15) is 12.4 Å². The molecule has 1 saturated heterocycles. The van der Waals surface area contributed by atoms with Gasteiger partial charge in [0.05, 0.1) is 12.5 Å². The molecule has 1 aromatic rings. The normalized spacial score (nSPS) is 21.3. The number of rotatable bonds is 4. The van der Waals surface area contributed by atoms with E-state index in [1.165, 1.54) is 22.9 Å². The highest BCUT2D eigenvalue weighted by atomic mass is 32.2. The quantitative estimate of drug-likeness (QED) is 0.425. The lowest BCUT2D eigenvalue weighted by Gasteiger charge is -2.53. The highest BCUT2D eigenvalue weighted by molar-refractivity contribution is 8.17. The van der Waals surface area contributed by atoms with Crippen LogP contribution in [0.4, 0.5) is 0 Å². The van der Waals surface area contributed by atoms with E-state index in [0.29, 0.717) is 29.5 Å². The van der Waals surface area contributed by atoms with E-state index in [1.807, 2.05) is 26.8 Å². The molecular formula is C28H44O4S. The van der Waals surface area contributed by atoms with Gasteiger partial charge in [0, 0.05) is 10.3 Å². The number of hydrogen-bond donors (Lipinski definition) is 0. The van der Waals surface area contributed by atoms with Gasteiger partial charge in [0.2, 0.25) is 0 Å². The zero-order valence-electron chi connectivity index (χ0n) is 22.7. The number of methoxy groups -OCH3 is 1. The van der Waals surface area contributed by atoms with Crippen molar-refractivity contribution in [3.05, 3.63) is 40.5 Å². The van der Waals surface area contributed by atoms with Crippen LogP contribution in [0.25, 0.3) is 0 Å². The second-order valence-corrected chi connectivity index (χ2v) is 12.2. The maximum absolute atomic E-state index is 11.4. The van der Waals surface area contributed by atoms with E-state index in [0.717, 1.165) is 16.9 Å². The van der Waals surface area contributed by atoms with Gasteiger partial charge < -0.3 is 9.47 Å². The smallest absolute Gasteiger partial charge is 0.334 e. The standard InChI is InChI=1S/C11H16O.C9H16OS.C8H12O2/c1-8(2)10-5-6-11(12-4)9(3)7-10;1-6(2)9(5)7(10)11-8(9,3)4;1-5(2)7-6(3)4-10-8(7)9/h5-8H,1-4H3;6H,1-5H3;5H,4H2,1-3H3. The third-order valence-corrected chi connectivity index (χ3v) is 8.48. The molecule has 0 bridgehead atoms. The summed E-state index contributed by atoms with van der Waals surface area (Å²) in [5.74, 6) is 2.18. The first kappa shape index (κ1) is 29.3. The van der Waals surface area contributed by atoms with Crippen LogP contribution in [-0.4, -0.2) is 29.5 Å². The van der Waals surface area contributed by atoms with Crippen LogP contribution in [0.15, 0.2) is 29.3 Å². The lowest BCUT2D eigenvalue weighted by atomic mass is 9.70. The van der Waals surface area contributed by atoms with Gasteiger partial charge >= 0.3 is 5.97 Å². The summed E-state index contributed by atoms with van der Waals surface area (Å²) in [7, 11) is 1.71. The predicted molar refractivity (Wildman–Crippen MR) is 140 cm³/mol. The Balaban J connectivity index is 0.000000249. The summed E-state index contributed by atoms with van der Waals surface area (Å²) < 4.78 is 10.1.